The van der Waals surface area contributed by atoms with Crippen LogP contribution in [0.5, 0.6) is 0 Å². The Morgan fingerprint density at radius 3 is 2.45 bits per heavy atom. The first-order chi connectivity index (χ1) is 9.84. The lowest BCUT2D eigenvalue weighted by Gasteiger charge is -2.41. The average Bonchev–Trinajstić information content (AvgIpc) is 2.50. The molecule has 1 atom stereocenters. The van der Waals surface area contributed by atoms with Gasteiger partial charge in [0.15, 0.2) is 0 Å². The molecule has 5 heteroatoms. The molecule has 0 saturated carbocycles. The zero-order chi connectivity index (χ0) is 13.8. The second-order valence-corrected chi connectivity index (χ2v) is 6.09. The monoisotopic (exact) mass is 346 g/mol. The zero-order valence-electron chi connectivity index (χ0n) is 13.3. The predicted molar refractivity (Wildman–Crippen MR) is 96.4 cm³/mol. The molecule has 22 heavy (non-hydrogen) atoms. The van der Waals surface area contributed by atoms with Crippen molar-refractivity contribution in [2.45, 2.75) is 25.8 Å². The summed E-state index contributed by atoms with van der Waals surface area (Å²) in [6, 6.07) is 9.67. The van der Waals surface area contributed by atoms with Crippen molar-refractivity contribution in [3.63, 3.8) is 0 Å². The zero-order valence-corrected chi connectivity index (χ0v) is 14.9. The topological polar surface area (TPSA) is 24.5 Å². The maximum Gasteiger partial charge on any atom is 0.0469 e. The first-order valence-electron chi connectivity index (χ1n) is 7.93. The molecule has 1 N–H and O–H groups in total. The van der Waals surface area contributed by atoms with Crippen LogP contribution in [0.1, 0.15) is 30.0 Å². The molecule has 2 saturated heterocycles. The van der Waals surface area contributed by atoms with E-state index in [1.165, 1.54) is 24.0 Å². The lowest BCUT2D eigenvalue weighted by molar-refractivity contribution is 0.0213. The fourth-order valence-electron chi connectivity index (χ4n) is 3.63. The van der Waals surface area contributed by atoms with E-state index in [-0.39, 0.29) is 24.8 Å². The smallest absolute Gasteiger partial charge is 0.0469 e. The summed E-state index contributed by atoms with van der Waals surface area (Å²) in [5.41, 5.74) is 2.87. The van der Waals surface area contributed by atoms with Crippen molar-refractivity contribution in [3.8, 4) is 0 Å². The van der Waals surface area contributed by atoms with Crippen LogP contribution in [0.15, 0.2) is 24.3 Å². The van der Waals surface area contributed by atoms with Crippen molar-refractivity contribution < 1.29 is 4.74 Å². The quantitative estimate of drug-likeness (QED) is 0.909. The SMILES string of the molecule is Cc1cccc([C@H](C2CCOCC2)N2CCNCC2)c1.Cl.Cl. The van der Waals surface area contributed by atoms with Crippen LogP contribution in [-0.4, -0.2) is 44.3 Å². The summed E-state index contributed by atoms with van der Waals surface area (Å²) >= 11 is 0. The molecule has 3 rings (SSSR count). The van der Waals surface area contributed by atoms with E-state index < -0.39 is 0 Å². The van der Waals surface area contributed by atoms with Crippen molar-refractivity contribution in [1.29, 1.82) is 0 Å². The van der Waals surface area contributed by atoms with Gasteiger partial charge in [-0.05, 0) is 31.2 Å². The van der Waals surface area contributed by atoms with Crippen LogP contribution in [-0.2, 0) is 4.74 Å². The molecular formula is C17H28Cl2N2O. The summed E-state index contributed by atoms with van der Waals surface area (Å²) < 4.78 is 5.57. The van der Waals surface area contributed by atoms with Gasteiger partial charge in [0.1, 0.15) is 0 Å². The molecule has 2 aliphatic rings. The number of hydrogen-bond donors (Lipinski definition) is 1. The summed E-state index contributed by atoms with van der Waals surface area (Å²) in [4.78, 5) is 2.68. The summed E-state index contributed by atoms with van der Waals surface area (Å²) in [5.74, 6) is 0.739. The number of ether oxygens (including phenoxy) is 1. The van der Waals surface area contributed by atoms with Crippen molar-refractivity contribution in [1.82, 2.24) is 10.2 Å². The molecule has 2 fully saturated rings. The van der Waals surface area contributed by atoms with Gasteiger partial charge in [-0.3, -0.25) is 4.90 Å². The number of halogens is 2. The Morgan fingerprint density at radius 2 is 1.82 bits per heavy atom. The summed E-state index contributed by atoms with van der Waals surface area (Å²) in [6.45, 7) is 8.61. The normalized spacial score (nSPS) is 21.5. The molecule has 1 aromatic carbocycles. The standard InChI is InChI=1S/C17H26N2O.2ClH/c1-14-3-2-4-16(13-14)17(15-5-11-20-12-6-15)19-9-7-18-8-10-19;;/h2-4,13,15,17-18H,5-12H2,1H3;2*1H/t17-;;/m0../s1. The Hall–Kier alpha value is -0.320. The summed E-state index contributed by atoms with van der Waals surface area (Å²) in [7, 11) is 0. The van der Waals surface area contributed by atoms with Crippen LogP contribution >= 0.6 is 24.8 Å². The van der Waals surface area contributed by atoms with E-state index in [0.717, 1.165) is 45.3 Å². The molecule has 0 radical (unpaired) electrons. The molecule has 0 amide bonds. The average molecular weight is 347 g/mol. The highest BCUT2D eigenvalue weighted by atomic mass is 35.5. The summed E-state index contributed by atoms with van der Waals surface area (Å²) in [5, 5.41) is 3.47. The molecule has 1 aromatic rings. The Balaban J connectivity index is 0.00000121. The molecule has 0 aromatic heterocycles. The fourth-order valence-corrected chi connectivity index (χ4v) is 3.63. The molecule has 0 unspecified atom stereocenters. The van der Waals surface area contributed by atoms with Gasteiger partial charge in [-0.1, -0.05) is 29.8 Å². The van der Waals surface area contributed by atoms with Crippen LogP contribution < -0.4 is 5.32 Å². The second-order valence-electron chi connectivity index (χ2n) is 6.09. The molecular weight excluding hydrogens is 319 g/mol. The van der Waals surface area contributed by atoms with Gasteiger partial charge >= 0.3 is 0 Å². The molecule has 0 aliphatic carbocycles. The van der Waals surface area contributed by atoms with E-state index >= 15 is 0 Å². The summed E-state index contributed by atoms with van der Waals surface area (Å²) in [6.07, 6.45) is 2.39. The molecule has 0 bridgehead atoms. The van der Waals surface area contributed by atoms with Gasteiger partial charge in [0.2, 0.25) is 0 Å². The number of benzene rings is 1. The van der Waals surface area contributed by atoms with Gasteiger partial charge < -0.3 is 10.1 Å². The maximum absolute atomic E-state index is 5.57. The van der Waals surface area contributed by atoms with Gasteiger partial charge in [0.25, 0.3) is 0 Å². The third kappa shape index (κ3) is 4.84. The van der Waals surface area contributed by atoms with Gasteiger partial charge in [0.05, 0.1) is 0 Å². The lowest BCUT2D eigenvalue weighted by atomic mass is 9.85. The third-order valence-electron chi connectivity index (χ3n) is 4.64. The maximum atomic E-state index is 5.57. The van der Waals surface area contributed by atoms with Crippen molar-refractivity contribution in [2.75, 3.05) is 39.4 Å². The van der Waals surface area contributed by atoms with Crippen molar-refractivity contribution >= 4 is 24.8 Å². The Morgan fingerprint density at radius 1 is 1.14 bits per heavy atom. The third-order valence-corrected chi connectivity index (χ3v) is 4.64. The molecule has 3 nitrogen and oxygen atoms in total. The number of nitrogens with zero attached hydrogens (tertiary/aromatic N) is 1. The van der Waals surface area contributed by atoms with Crippen LogP contribution in [0, 0.1) is 12.8 Å². The lowest BCUT2D eigenvalue weighted by Crippen LogP contribution is -2.47. The molecule has 0 spiro atoms. The van der Waals surface area contributed by atoms with E-state index in [1.807, 2.05) is 0 Å². The van der Waals surface area contributed by atoms with Gasteiger partial charge in [0, 0.05) is 45.4 Å². The highest BCUT2D eigenvalue weighted by molar-refractivity contribution is 5.85. The van der Waals surface area contributed by atoms with Gasteiger partial charge in [-0.15, -0.1) is 24.8 Å². The van der Waals surface area contributed by atoms with E-state index in [0.29, 0.717) is 6.04 Å². The minimum absolute atomic E-state index is 0. The Labute approximate surface area is 146 Å². The predicted octanol–water partition coefficient (Wildman–Crippen LogP) is 3.21. The molecule has 2 aliphatic heterocycles. The number of hydrogen-bond acceptors (Lipinski definition) is 3. The number of aryl methyl sites for hydroxylation is 1. The van der Waals surface area contributed by atoms with Crippen LogP contribution in [0.2, 0.25) is 0 Å². The van der Waals surface area contributed by atoms with E-state index in [2.05, 4.69) is 41.4 Å². The first kappa shape index (κ1) is 19.7. The van der Waals surface area contributed by atoms with Crippen LogP contribution in [0.3, 0.4) is 0 Å². The minimum Gasteiger partial charge on any atom is -0.381 e. The number of piperazine rings is 1. The number of rotatable bonds is 3. The molecule has 2 heterocycles. The number of nitrogens with one attached hydrogen (secondary N) is 1. The van der Waals surface area contributed by atoms with Crippen molar-refractivity contribution in [2.24, 2.45) is 5.92 Å². The van der Waals surface area contributed by atoms with E-state index in [1.54, 1.807) is 0 Å². The first-order valence-corrected chi connectivity index (χ1v) is 7.93. The fraction of sp³-hybridized carbons (Fsp3) is 0.647. The van der Waals surface area contributed by atoms with Gasteiger partial charge in [-0.25, -0.2) is 0 Å². The van der Waals surface area contributed by atoms with Gasteiger partial charge in [-0.2, -0.15) is 0 Å². The minimum atomic E-state index is 0. The molecule has 126 valence electrons. The van der Waals surface area contributed by atoms with E-state index in [4.69, 9.17) is 4.74 Å². The highest BCUT2D eigenvalue weighted by Crippen LogP contribution is 2.35. The van der Waals surface area contributed by atoms with Crippen molar-refractivity contribution in [3.05, 3.63) is 35.4 Å². The Bertz CT molecular complexity index is 414. The Kier molecular flexibility index (Phi) is 8.73. The second kappa shape index (κ2) is 9.74. The highest BCUT2D eigenvalue weighted by Gasteiger charge is 2.31. The van der Waals surface area contributed by atoms with Crippen LogP contribution in [0.4, 0.5) is 0 Å². The largest absolute Gasteiger partial charge is 0.381 e. The van der Waals surface area contributed by atoms with Crippen LogP contribution in [0.25, 0.3) is 0 Å². The van der Waals surface area contributed by atoms with E-state index in [9.17, 15) is 0 Å².